The molecule has 0 saturated carbocycles. The summed E-state index contributed by atoms with van der Waals surface area (Å²) in [5.41, 5.74) is 13.9. The van der Waals surface area contributed by atoms with Gasteiger partial charge in [-0.3, -0.25) is 0 Å². The molecule has 4 atom stereocenters. The molecule has 44 heavy (non-hydrogen) atoms. The fraction of sp³-hybridized carbons (Fsp3) is 0.450. The van der Waals surface area contributed by atoms with Crippen molar-refractivity contribution in [3.63, 3.8) is 0 Å². The maximum absolute atomic E-state index is 8.62. The Morgan fingerprint density at radius 2 is 1.41 bits per heavy atom. The van der Waals surface area contributed by atoms with E-state index in [-0.39, 0.29) is 12.7 Å². The number of hydrogen-bond donors (Lipinski definition) is 0. The molecular weight excluding hydrogens is 671 g/mol. The second-order valence-corrected chi connectivity index (χ2v) is 57.8. The van der Waals surface area contributed by atoms with E-state index in [4.69, 9.17) is 17.0 Å². The fourth-order valence-electron chi connectivity index (χ4n) is 8.26. The van der Waals surface area contributed by atoms with Crippen molar-refractivity contribution in [3.05, 3.63) is 105 Å². The van der Waals surface area contributed by atoms with Crippen molar-refractivity contribution >= 4 is 35.1 Å². The molecule has 0 bridgehead atoms. The zero-order chi connectivity index (χ0) is 32.2. The molecule has 4 unspecified atom stereocenters. The number of hydrogen-bond acceptors (Lipinski definition) is 0. The molecule has 3 aromatic rings. The topological polar surface area (TPSA) is 0 Å². The van der Waals surface area contributed by atoms with Gasteiger partial charge < -0.3 is 0 Å². The zero-order valence-corrected chi connectivity index (χ0v) is 33.8. The van der Waals surface area contributed by atoms with Crippen LogP contribution >= 0.6 is 17.0 Å². The van der Waals surface area contributed by atoms with Crippen LogP contribution in [0.1, 0.15) is 121 Å². The van der Waals surface area contributed by atoms with E-state index in [2.05, 4.69) is 141 Å². The molecule has 0 nitrogen and oxygen atoms in total. The number of allylic oxidation sites excluding steroid dienone is 2. The second-order valence-electron chi connectivity index (χ2n) is 15.3. The monoisotopic (exact) mass is 721 g/mol. The average Bonchev–Trinajstić information content (AvgIpc) is 3.55. The van der Waals surface area contributed by atoms with E-state index in [1.807, 2.05) is 0 Å². The molecule has 0 N–H and O–H groups in total. The van der Waals surface area contributed by atoms with Crippen LogP contribution in [0.4, 0.5) is 0 Å². The number of halogens is 2. The van der Waals surface area contributed by atoms with Gasteiger partial charge in [0.25, 0.3) is 0 Å². The van der Waals surface area contributed by atoms with Crippen molar-refractivity contribution in [2.45, 2.75) is 106 Å². The van der Waals surface area contributed by atoms with Crippen LogP contribution in [-0.2, 0) is 21.0 Å². The van der Waals surface area contributed by atoms with E-state index in [9.17, 15) is 0 Å². The molecule has 2 aliphatic carbocycles. The summed E-state index contributed by atoms with van der Waals surface area (Å²) >= 11 is -4.75. The molecule has 0 spiro atoms. The summed E-state index contributed by atoms with van der Waals surface area (Å²) in [6, 6.07) is 23.1. The molecule has 235 valence electrons. The average molecular weight is 724 g/mol. The maximum atomic E-state index is 8.62. The molecule has 0 amide bonds. The van der Waals surface area contributed by atoms with Crippen LogP contribution in [0.25, 0.3) is 23.3 Å². The van der Waals surface area contributed by atoms with Crippen LogP contribution in [0.5, 0.6) is 0 Å². The Bertz CT molecular complexity index is 1610. The molecule has 0 aliphatic heterocycles. The van der Waals surface area contributed by atoms with E-state index in [0.717, 1.165) is 12.8 Å². The van der Waals surface area contributed by atoms with Gasteiger partial charge in [0, 0.05) is 0 Å². The summed E-state index contributed by atoms with van der Waals surface area (Å²) in [6.07, 6.45) is 8.45. The summed E-state index contributed by atoms with van der Waals surface area (Å²) in [7, 11) is 17.2. The van der Waals surface area contributed by atoms with E-state index in [1.165, 1.54) is 62.1 Å². The molecule has 0 fully saturated rings. The summed E-state index contributed by atoms with van der Waals surface area (Å²) in [5.74, 6) is -0.619. The Labute approximate surface area is 277 Å². The third-order valence-corrected chi connectivity index (χ3v) is 63.1. The fourth-order valence-corrected chi connectivity index (χ4v) is 40.3. The normalized spacial score (nSPS) is 20.4. The molecule has 0 saturated heterocycles. The Hall–Kier alpha value is -1.18. The zero-order valence-electron chi connectivity index (χ0n) is 28.7. The minimum absolute atomic E-state index is 0.121. The predicted molar refractivity (Wildman–Crippen MR) is 197 cm³/mol. The molecule has 3 aromatic carbocycles. The number of fused-ring (bicyclic) bond motifs is 2. The first-order chi connectivity index (χ1) is 20.6. The van der Waals surface area contributed by atoms with Crippen molar-refractivity contribution in [2.24, 2.45) is 5.92 Å². The molecule has 0 aromatic heterocycles. The summed E-state index contributed by atoms with van der Waals surface area (Å²) in [5, 5.41) is 0. The van der Waals surface area contributed by atoms with Crippen LogP contribution in [-0.4, -0.2) is 5.92 Å². The van der Waals surface area contributed by atoms with Crippen LogP contribution < -0.4 is 0 Å². The third kappa shape index (κ3) is 5.57. The third-order valence-electron chi connectivity index (χ3n) is 11.1. The van der Waals surface area contributed by atoms with Gasteiger partial charge in [-0.25, -0.2) is 0 Å². The van der Waals surface area contributed by atoms with Crippen molar-refractivity contribution in [1.82, 2.24) is 0 Å². The van der Waals surface area contributed by atoms with Crippen molar-refractivity contribution in [3.8, 4) is 11.1 Å². The van der Waals surface area contributed by atoms with Crippen LogP contribution in [0, 0.1) is 5.92 Å². The second kappa shape index (κ2) is 12.4. The molecular formula is C40H53Cl2SiZr. The SMILES string of the molecule is CCCC(C)C1=Cc2c(C(C)CC)cccc2[CH]1[Zr]([Cl])([Cl])([CH]1C(C)=Cc2c(-c3ccc(C(C)(C)C)cc3)cccc21)[SiH](C)C. The number of rotatable bonds is 9. The molecule has 2 aliphatic rings. The van der Waals surface area contributed by atoms with Crippen molar-refractivity contribution in [1.29, 1.82) is 0 Å². The van der Waals surface area contributed by atoms with Gasteiger partial charge in [-0.05, 0) is 0 Å². The van der Waals surface area contributed by atoms with E-state index < -0.39 is 21.5 Å². The first kappa shape index (κ1) is 34.2. The van der Waals surface area contributed by atoms with Crippen LogP contribution in [0.15, 0.2) is 71.8 Å². The molecule has 5 rings (SSSR count). The molecule has 0 heterocycles. The standard InChI is InChI=1S/C20H21.C18H25.C2H7Si.2ClH.Zr/c1-14-12-16-6-5-7-18(19(16)13-14)15-8-10-17(11-9-15)20(2,3)4;1-5-8-14(4)16-11-15-9-7-10-17(13(3)6-2)18(15)12-16;1-3-2;;;/h5-13H,1-4H3;7,9-14H,5-6,8H2,1-4H3;3H,1-2H3;2*1H;/q;;;;;+2/p-2. The van der Waals surface area contributed by atoms with E-state index in [1.54, 1.807) is 0 Å². The Kier molecular flexibility index (Phi) is 9.66. The Balaban J connectivity index is 1.72. The van der Waals surface area contributed by atoms with Gasteiger partial charge in [0.1, 0.15) is 0 Å². The van der Waals surface area contributed by atoms with Gasteiger partial charge in [0.05, 0.1) is 0 Å². The van der Waals surface area contributed by atoms with Gasteiger partial charge in [-0.2, -0.15) is 0 Å². The van der Waals surface area contributed by atoms with Gasteiger partial charge in [-0.15, -0.1) is 0 Å². The quantitative estimate of drug-likeness (QED) is 0.193. The van der Waals surface area contributed by atoms with Gasteiger partial charge in [0.2, 0.25) is 0 Å². The van der Waals surface area contributed by atoms with Gasteiger partial charge in [0.15, 0.2) is 0 Å². The summed E-state index contributed by atoms with van der Waals surface area (Å²) in [6.45, 7) is 23.5. The van der Waals surface area contributed by atoms with Crippen molar-refractivity contribution < 1.29 is 15.6 Å². The Morgan fingerprint density at radius 1 is 0.795 bits per heavy atom. The first-order valence-electron chi connectivity index (χ1n) is 17.0. The van der Waals surface area contributed by atoms with Crippen molar-refractivity contribution in [2.75, 3.05) is 0 Å². The van der Waals surface area contributed by atoms with E-state index >= 15 is 0 Å². The first-order valence-corrected chi connectivity index (χ1v) is 33.3. The molecule has 0 radical (unpaired) electrons. The van der Waals surface area contributed by atoms with Crippen LogP contribution in [0.2, 0.25) is 13.1 Å². The summed E-state index contributed by atoms with van der Waals surface area (Å²) in [4.78, 5) is 0. The minimum atomic E-state index is -4.75. The Morgan fingerprint density at radius 3 is 1.98 bits per heavy atom. The summed E-state index contributed by atoms with van der Waals surface area (Å²) < 4.78 is 0.275. The van der Waals surface area contributed by atoms with E-state index in [0.29, 0.717) is 11.8 Å². The number of benzene rings is 3. The van der Waals surface area contributed by atoms with Crippen LogP contribution in [0.3, 0.4) is 0 Å². The van der Waals surface area contributed by atoms with Gasteiger partial charge >= 0.3 is 279 Å². The predicted octanol–water partition coefficient (Wildman–Crippen LogP) is 13.2. The molecule has 4 heteroatoms. The van der Waals surface area contributed by atoms with Gasteiger partial charge in [-0.1, -0.05) is 0 Å².